The molecular formula is C46H80NO9P. The molecule has 328 valence electrons. The van der Waals surface area contributed by atoms with Gasteiger partial charge in [0.25, 0.3) is 7.82 Å². The average Bonchev–Trinajstić information content (AvgIpc) is 3.92. The summed E-state index contributed by atoms with van der Waals surface area (Å²) < 4.78 is 39.6. The Bertz CT molecular complexity index is 1220. The lowest BCUT2D eigenvalue weighted by molar-refractivity contribution is -0.870. The van der Waals surface area contributed by atoms with Crippen molar-refractivity contribution in [3.8, 4) is 0 Å². The molecule has 3 unspecified atom stereocenters. The zero-order valence-corrected chi connectivity index (χ0v) is 37.4. The van der Waals surface area contributed by atoms with Gasteiger partial charge < -0.3 is 32.6 Å². The van der Waals surface area contributed by atoms with Crippen LogP contribution in [0.3, 0.4) is 0 Å². The molecule has 0 saturated carbocycles. The second kappa shape index (κ2) is 34.5. The Labute approximate surface area is 347 Å². The van der Waals surface area contributed by atoms with E-state index in [1.807, 2.05) is 27.2 Å². The molecule has 57 heavy (non-hydrogen) atoms. The molecule has 1 heterocycles. The number of allylic oxidation sites excluding steroid dienone is 8. The maximum Gasteiger partial charge on any atom is 0.306 e. The van der Waals surface area contributed by atoms with Crippen molar-refractivity contribution < 1.29 is 46.8 Å². The number of phosphoric ester groups is 1. The van der Waals surface area contributed by atoms with Gasteiger partial charge in [-0.1, -0.05) is 120 Å². The van der Waals surface area contributed by atoms with Crippen molar-refractivity contribution in [2.24, 2.45) is 0 Å². The van der Waals surface area contributed by atoms with Crippen LogP contribution in [0.25, 0.3) is 0 Å². The Morgan fingerprint density at radius 2 is 1.12 bits per heavy atom. The van der Waals surface area contributed by atoms with Gasteiger partial charge in [-0.2, -0.15) is 0 Å². The molecule has 0 radical (unpaired) electrons. The molecule has 1 aliphatic heterocycles. The maximum absolute atomic E-state index is 12.7. The van der Waals surface area contributed by atoms with E-state index < -0.39 is 32.5 Å². The minimum absolute atomic E-state index is 0.0485. The van der Waals surface area contributed by atoms with Gasteiger partial charge in [0.05, 0.1) is 40.0 Å². The molecule has 0 aromatic rings. The Morgan fingerprint density at radius 1 is 0.632 bits per heavy atom. The molecule has 0 spiro atoms. The number of carbonyl (C=O) groups is 2. The Hall–Kier alpha value is -2.33. The summed E-state index contributed by atoms with van der Waals surface area (Å²) in [6, 6.07) is 0. The number of esters is 2. The maximum atomic E-state index is 12.7. The lowest BCUT2D eigenvalue weighted by Gasteiger charge is -2.28. The van der Waals surface area contributed by atoms with Crippen molar-refractivity contribution in [1.29, 1.82) is 0 Å². The lowest BCUT2D eigenvalue weighted by atomic mass is 10.1. The fourth-order valence-corrected chi connectivity index (χ4v) is 6.50. The van der Waals surface area contributed by atoms with Crippen molar-refractivity contribution in [1.82, 2.24) is 0 Å². The van der Waals surface area contributed by atoms with Gasteiger partial charge in [0.2, 0.25) is 0 Å². The highest BCUT2D eigenvalue weighted by molar-refractivity contribution is 7.45. The van der Waals surface area contributed by atoms with Crippen LogP contribution in [-0.2, 0) is 37.4 Å². The standard InChI is InChI=1S/C46H80NO9P/c1-6-8-10-12-14-15-16-17-18-19-20-21-24-28-32-36-45(48)52-40-42(41-54-57(50,51)53-39-38-47(3,4)5)55-46(49)37-33-29-25-22-23-27-31-35-44-43(56-44)34-30-26-13-11-9-7-2/h14-15,17-18,22,25-27,30-31,42-44H,6-13,16,19-21,23-24,28-29,32-41H2,1-5H3/b15-14-,18-17-,25-22-,30-26-,31-27-/t42-,43?,44?/m1/s1. The predicted molar refractivity (Wildman–Crippen MR) is 231 cm³/mol. The number of epoxide rings is 1. The monoisotopic (exact) mass is 822 g/mol. The van der Waals surface area contributed by atoms with E-state index in [0.717, 1.165) is 64.2 Å². The van der Waals surface area contributed by atoms with E-state index in [9.17, 15) is 19.0 Å². The number of unbranched alkanes of at least 4 members (excludes halogenated alkanes) is 12. The third-order valence-corrected chi connectivity index (χ3v) is 10.4. The van der Waals surface area contributed by atoms with Crippen LogP contribution in [0, 0.1) is 0 Å². The third kappa shape index (κ3) is 35.3. The number of hydrogen-bond donors (Lipinski definition) is 0. The number of phosphoric acid groups is 1. The van der Waals surface area contributed by atoms with E-state index >= 15 is 0 Å². The molecule has 10 nitrogen and oxygen atoms in total. The average molecular weight is 822 g/mol. The molecule has 0 aliphatic carbocycles. The van der Waals surface area contributed by atoms with E-state index in [0.29, 0.717) is 42.5 Å². The molecule has 4 atom stereocenters. The van der Waals surface area contributed by atoms with Gasteiger partial charge in [0.15, 0.2) is 6.10 Å². The normalized spacial score (nSPS) is 17.7. The van der Waals surface area contributed by atoms with Crippen LogP contribution in [0.15, 0.2) is 60.8 Å². The zero-order valence-electron chi connectivity index (χ0n) is 36.5. The predicted octanol–water partition coefficient (Wildman–Crippen LogP) is 10.8. The van der Waals surface area contributed by atoms with Crippen LogP contribution in [0.1, 0.15) is 155 Å². The Kier molecular flexibility index (Phi) is 31.9. The van der Waals surface area contributed by atoms with Crippen molar-refractivity contribution in [3.05, 3.63) is 60.8 Å². The van der Waals surface area contributed by atoms with E-state index in [4.69, 9.17) is 23.3 Å². The van der Waals surface area contributed by atoms with Crippen LogP contribution in [0.2, 0.25) is 0 Å². The van der Waals surface area contributed by atoms with E-state index in [1.165, 1.54) is 44.9 Å². The summed E-state index contributed by atoms with van der Waals surface area (Å²) >= 11 is 0. The summed E-state index contributed by atoms with van der Waals surface area (Å²) in [7, 11) is 1.11. The Balaban J connectivity index is 2.34. The molecule has 1 rings (SSSR count). The number of ether oxygens (including phenoxy) is 3. The Morgan fingerprint density at radius 3 is 1.72 bits per heavy atom. The molecule has 0 aromatic carbocycles. The molecule has 1 saturated heterocycles. The molecule has 1 aliphatic rings. The summed E-state index contributed by atoms with van der Waals surface area (Å²) in [6.07, 6.45) is 42.8. The van der Waals surface area contributed by atoms with Crippen LogP contribution in [-0.4, -0.2) is 82.2 Å². The highest BCUT2D eigenvalue weighted by Gasteiger charge is 2.36. The molecule has 0 bridgehead atoms. The summed E-state index contributed by atoms with van der Waals surface area (Å²) in [5, 5.41) is 0. The van der Waals surface area contributed by atoms with Crippen LogP contribution in [0.5, 0.6) is 0 Å². The first-order valence-corrected chi connectivity index (χ1v) is 23.6. The number of nitrogens with zero attached hydrogens (tertiary/aromatic N) is 1. The summed E-state index contributed by atoms with van der Waals surface area (Å²) in [6.45, 7) is 4.06. The first-order valence-electron chi connectivity index (χ1n) is 22.1. The van der Waals surface area contributed by atoms with Crippen LogP contribution in [0.4, 0.5) is 0 Å². The van der Waals surface area contributed by atoms with E-state index in [-0.39, 0.29) is 26.1 Å². The van der Waals surface area contributed by atoms with Crippen molar-refractivity contribution in [2.45, 2.75) is 173 Å². The highest BCUT2D eigenvalue weighted by Crippen LogP contribution is 2.38. The zero-order chi connectivity index (χ0) is 41.9. The summed E-state index contributed by atoms with van der Waals surface area (Å²) in [5.41, 5.74) is 0. The number of rotatable bonds is 38. The molecular weight excluding hydrogens is 741 g/mol. The van der Waals surface area contributed by atoms with Crippen molar-refractivity contribution >= 4 is 19.8 Å². The number of carbonyl (C=O) groups excluding carboxylic acids is 2. The van der Waals surface area contributed by atoms with Gasteiger partial charge in [-0.25, -0.2) is 0 Å². The molecule has 0 aromatic heterocycles. The van der Waals surface area contributed by atoms with Gasteiger partial charge in [-0.15, -0.1) is 0 Å². The third-order valence-electron chi connectivity index (χ3n) is 9.41. The summed E-state index contributed by atoms with van der Waals surface area (Å²) in [5.74, 6) is -0.927. The smallest absolute Gasteiger partial charge is 0.306 e. The minimum atomic E-state index is -4.65. The lowest BCUT2D eigenvalue weighted by Crippen LogP contribution is -2.37. The van der Waals surface area contributed by atoms with Gasteiger partial charge in [0, 0.05) is 12.8 Å². The minimum Gasteiger partial charge on any atom is -0.756 e. The molecule has 0 N–H and O–H groups in total. The van der Waals surface area contributed by atoms with Crippen molar-refractivity contribution in [2.75, 3.05) is 47.5 Å². The number of quaternary nitrogens is 1. The molecule has 0 amide bonds. The van der Waals surface area contributed by atoms with Gasteiger partial charge >= 0.3 is 11.9 Å². The second-order valence-corrected chi connectivity index (χ2v) is 17.5. The van der Waals surface area contributed by atoms with E-state index in [2.05, 4.69) is 68.5 Å². The highest BCUT2D eigenvalue weighted by atomic mass is 31.2. The van der Waals surface area contributed by atoms with Crippen LogP contribution >= 0.6 is 7.82 Å². The van der Waals surface area contributed by atoms with Crippen molar-refractivity contribution in [3.63, 3.8) is 0 Å². The number of likely N-dealkylation sites (N-methyl/N-ethyl adjacent to an activating group) is 1. The molecule has 11 heteroatoms. The first kappa shape index (κ1) is 52.7. The second-order valence-electron chi connectivity index (χ2n) is 16.1. The van der Waals surface area contributed by atoms with Gasteiger partial charge in [-0.05, 0) is 83.5 Å². The molecule has 1 fully saturated rings. The van der Waals surface area contributed by atoms with Crippen LogP contribution < -0.4 is 4.89 Å². The quantitative estimate of drug-likeness (QED) is 0.0149. The fraction of sp³-hybridized carbons (Fsp3) is 0.739. The number of hydrogen-bond acceptors (Lipinski definition) is 9. The topological polar surface area (TPSA) is 124 Å². The summed E-state index contributed by atoms with van der Waals surface area (Å²) in [4.78, 5) is 37.5. The SMILES string of the molecule is CCCCC/C=C\C/C=C\CCCCCCCC(=O)OC[C@H](COP(=O)([O-])OCC[N+](C)(C)C)OC(=O)CCC/C=C\C/C=C\CC1OC1C/C=C\CCCCC. The largest absolute Gasteiger partial charge is 0.756 e. The fourth-order valence-electron chi connectivity index (χ4n) is 5.78. The first-order chi connectivity index (χ1) is 27.5. The van der Waals surface area contributed by atoms with Gasteiger partial charge in [0.1, 0.15) is 19.8 Å². The van der Waals surface area contributed by atoms with E-state index in [1.54, 1.807) is 0 Å². The van der Waals surface area contributed by atoms with Gasteiger partial charge in [-0.3, -0.25) is 14.2 Å².